The van der Waals surface area contributed by atoms with Gasteiger partial charge in [-0.2, -0.15) is 0 Å². The first-order valence-corrected chi connectivity index (χ1v) is 7.60. The molecule has 0 atom stereocenters. The SMILES string of the molecule is Cc1cccc(CC2(NC(=O)CCl)CCCCC2)c1. The zero-order valence-corrected chi connectivity index (χ0v) is 12.3. The first-order chi connectivity index (χ1) is 9.13. The second-order valence-electron chi connectivity index (χ2n) is 5.69. The molecule has 3 heteroatoms. The van der Waals surface area contributed by atoms with Crippen LogP contribution in [0.5, 0.6) is 0 Å². The maximum atomic E-state index is 11.7. The maximum absolute atomic E-state index is 11.7. The number of alkyl halides is 1. The van der Waals surface area contributed by atoms with E-state index in [-0.39, 0.29) is 17.3 Å². The van der Waals surface area contributed by atoms with Gasteiger partial charge in [-0.05, 0) is 31.7 Å². The van der Waals surface area contributed by atoms with E-state index in [0.29, 0.717) is 0 Å². The van der Waals surface area contributed by atoms with Crippen molar-refractivity contribution in [3.05, 3.63) is 35.4 Å². The summed E-state index contributed by atoms with van der Waals surface area (Å²) in [6, 6.07) is 8.55. The number of halogens is 1. The Kier molecular flexibility index (Phi) is 4.87. The van der Waals surface area contributed by atoms with Gasteiger partial charge in [-0.15, -0.1) is 11.6 Å². The minimum Gasteiger partial charge on any atom is -0.349 e. The lowest BCUT2D eigenvalue weighted by molar-refractivity contribution is -0.121. The molecule has 1 fully saturated rings. The van der Waals surface area contributed by atoms with E-state index in [1.807, 2.05) is 0 Å². The summed E-state index contributed by atoms with van der Waals surface area (Å²) in [7, 11) is 0. The van der Waals surface area contributed by atoms with Crippen molar-refractivity contribution in [1.29, 1.82) is 0 Å². The Bertz CT molecular complexity index is 438. The molecule has 0 aliphatic heterocycles. The fraction of sp³-hybridized carbons (Fsp3) is 0.562. The number of carbonyl (C=O) groups is 1. The average Bonchev–Trinajstić information content (AvgIpc) is 2.39. The van der Waals surface area contributed by atoms with E-state index in [4.69, 9.17) is 11.6 Å². The van der Waals surface area contributed by atoms with Crippen molar-refractivity contribution >= 4 is 17.5 Å². The maximum Gasteiger partial charge on any atom is 0.235 e. The summed E-state index contributed by atoms with van der Waals surface area (Å²) in [6.07, 6.45) is 6.68. The highest BCUT2D eigenvalue weighted by Gasteiger charge is 2.33. The van der Waals surface area contributed by atoms with Crippen LogP contribution in [-0.2, 0) is 11.2 Å². The Balaban J connectivity index is 2.15. The fourth-order valence-electron chi connectivity index (χ4n) is 3.12. The Morgan fingerprint density at radius 3 is 2.68 bits per heavy atom. The van der Waals surface area contributed by atoms with Crippen LogP contribution in [0.25, 0.3) is 0 Å². The monoisotopic (exact) mass is 279 g/mol. The first kappa shape index (κ1) is 14.4. The van der Waals surface area contributed by atoms with Crippen LogP contribution in [0.4, 0.5) is 0 Å². The molecule has 0 saturated heterocycles. The van der Waals surface area contributed by atoms with E-state index in [9.17, 15) is 4.79 Å². The Morgan fingerprint density at radius 2 is 2.05 bits per heavy atom. The third kappa shape index (κ3) is 3.97. The summed E-state index contributed by atoms with van der Waals surface area (Å²) >= 11 is 5.65. The molecule has 2 nitrogen and oxygen atoms in total. The van der Waals surface area contributed by atoms with Crippen molar-refractivity contribution in [2.24, 2.45) is 0 Å². The molecular weight excluding hydrogens is 258 g/mol. The van der Waals surface area contributed by atoms with Crippen molar-refractivity contribution in [3.63, 3.8) is 0 Å². The van der Waals surface area contributed by atoms with Crippen molar-refractivity contribution in [3.8, 4) is 0 Å². The molecule has 1 saturated carbocycles. The molecular formula is C16H22ClNO. The lowest BCUT2D eigenvalue weighted by atomic mass is 9.77. The van der Waals surface area contributed by atoms with E-state index in [1.54, 1.807) is 0 Å². The van der Waals surface area contributed by atoms with E-state index >= 15 is 0 Å². The quantitative estimate of drug-likeness (QED) is 0.839. The Hall–Kier alpha value is -1.02. The molecule has 1 amide bonds. The van der Waals surface area contributed by atoms with Crippen LogP contribution in [0.15, 0.2) is 24.3 Å². The first-order valence-electron chi connectivity index (χ1n) is 7.06. The molecule has 104 valence electrons. The predicted octanol–water partition coefficient (Wildman–Crippen LogP) is 3.60. The topological polar surface area (TPSA) is 29.1 Å². The molecule has 19 heavy (non-hydrogen) atoms. The van der Waals surface area contributed by atoms with Crippen LogP contribution in [0.2, 0.25) is 0 Å². The lowest BCUT2D eigenvalue weighted by Crippen LogP contribution is -2.51. The number of hydrogen-bond acceptors (Lipinski definition) is 1. The van der Waals surface area contributed by atoms with Gasteiger partial charge >= 0.3 is 0 Å². The summed E-state index contributed by atoms with van der Waals surface area (Å²) in [5.41, 5.74) is 2.49. The molecule has 2 rings (SSSR count). The highest BCUT2D eigenvalue weighted by atomic mass is 35.5. The van der Waals surface area contributed by atoms with Crippen LogP contribution in [-0.4, -0.2) is 17.3 Å². The number of benzene rings is 1. The molecule has 1 aromatic rings. The second-order valence-corrected chi connectivity index (χ2v) is 5.96. The summed E-state index contributed by atoms with van der Waals surface area (Å²) < 4.78 is 0. The van der Waals surface area contributed by atoms with Gasteiger partial charge in [0.05, 0.1) is 0 Å². The van der Waals surface area contributed by atoms with Gasteiger partial charge in [0.25, 0.3) is 0 Å². The highest BCUT2D eigenvalue weighted by Crippen LogP contribution is 2.31. The molecule has 0 bridgehead atoms. The largest absolute Gasteiger partial charge is 0.349 e. The third-order valence-corrected chi connectivity index (χ3v) is 4.20. The second kappa shape index (κ2) is 6.42. The molecule has 0 unspecified atom stereocenters. The number of carbonyl (C=O) groups excluding carboxylic acids is 1. The van der Waals surface area contributed by atoms with E-state index in [1.165, 1.54) is 30.4 Å². The van der Waals surface area contributed by atoms with Gasteiger partial charge in [0.2, 0.25) is 5.91 Å². The van der Waals surface area contributed by atoms with Gasteiger partial charge in [0.15, 0.2) is 0 Å². The van der Waals surface area contributed by atoms with Gasteiger partial charge < -0.3 is 5.32 Å². The fourth-order valence-corrected chi connectivity index (χ4v) is 3.18. The van der Waals surface area contributed by atoms with Crippen LogP contribution >= 0.6 is 11.6 Å². The van der Waals surface area contributed by atoms with E-state index in [2.05, 4.69) is 36.5 Å². The molecule has 0 heterocycles. The van der Waals surface area contributed by atoms with Gasteiger partial charge in [0, 0.05) is 5.54 Å². The number of nitrogens with one attached hydrogen (secondary N) is 1. The van der Waals surface area contributed by atoms with Crippen LogP contribution in [0.1, 0.15) is 43.2 Å². The van der Waals surface area contributed by atoms with Crippen molar-refractivity contribution in [2.45, 2.75) is 51.0 Å². The zero-order chi connectivity index (χ0) is 13.7. The average molecular weight is 280 g/mol. The normalized spacial score (nSPS) is 18.0. The predicted molar refractivity (Wildman–Crippen MR) is 79.6 cm³/mol. The van der Waals surface area contributed by atoms with E-state index < -0.39 is 0 Å². The molecule has 0 aromatic heterocycles. The lowest BCUT2D eigenvalue weighted by Gasteiger charge is -2.38. The summed E-state index contributed by atoms with van der Waals surface area (Å²) in [6.45, 7) is 2.11. The van der Waals surface area contributed by atoms with Crippen molar-refractivity contribution < 1.29 is 4.79 Å². The highest BCUT2D eigenvalue weighted by molar-refractivity contribution is 6.27. The number of hydrogen-bond donors (Lipinski definition) is 1. The summed E-state index contributed by atoms with van der Waals surface area (Å²) in [5.74, 6) is 0.00599. The zero-order valence-electron chi connectivity index (χ0n) is 11.5. The summed E-state index contributed by atoms with van der Waals surface area (Å²) in [4.78, 5) is 11.7. The minimum absolute atomic E-state index is 0.0452. The molecule has 1 aliphatic carbocycles. The Labute approximate surface area is 120 Å². The van der Waals surface area contributed by atoms with Crippen LogP contribution in [0.3, 0.4) is 0 Å². The van der Waals surface area contributed by atoms with Crippen LogP contribution < -0.4 is 5.32 Å². The number of rotatable bonds is 4. The van der Waals surface area contributed by atoms with Gasteiger partial charge in [-0.3, -0.25) is 4.79 Å². The molecule has 0 spiro atoms. The number of amides is 1. The molecule has 1 aliphatic rings. The molecule has 0 radical (unpaired) electrons. The van der Waals surface area contributed by atoms with Gasteiger partial charge in [-0.25, -0.2) is 0 Å². The van der Waals surface area contributed by atoms with Gasteiger partial charge in [-0.1, -0.05) is 49.1 Å². The minimum atomic E-state index is -0.0853. The van der Waals surface area contributed by atoms with Gasteiger partial charge in [0.1, 0.15) is 5.88 Å². The standard InChI is InChI=1S/C16H22ClNO/c1-13-6-5-7-14(10-13)11-16(18-15(19)12-17)8-3-2-4-9-16/h5-7,10H,2-4,8-9,11-12H2,1H3,(H,18,19). The van der Waals surface area contributed by atoms with Crippen molar-refractivity contribution in [1.82, 2.24) is 5.32 Å². The third-order valence-electron chi connectivity index (χ3n) is 3.96. The molecule has 1 aromatic carbocycles. The van der Waals surface area contributed by atoms with E-state index in [0.717, 1.165) is 19.3 Å². The number of aryl methyl sites for hydroxylation is 1. The smallest absolute Gasteiger partial charge is 0.235 e. The summed E-state index contributed by atoms with van der Waals surface area (Å²) in [5, 5.41) is 3.18. The van der Waals surface area contributed by atoms with Crippen molar-refractivity contribution in [2.75, 3.05) is 5.88 Å². The van der Waals surface area contributed by atoms with Crippen LogP contribution in [0, 0.1) is 6.92 Å². The molecule has 1 N–H and O–H groups in total. The Morgan fingerprint density at radius 1 is 1.32 bits per heavy atom.